The standard InChI is InChI=1S/C12H12BrN3/c1-9-5-6-14-7-10(9)8-15-12-4-2-3-11(13)16-12/h2-7H,8H2,1H3,(H,15,16). The molecule has 3 nitrogen and oxygen atoms in total. The van der Waals surface area contributed by atoms with Gasteiger partial charge in [-0.05, 0) is 52.2 Å². The highest BCUT2D eigenvalue weighted by Crippen LogP contribution is 2.12. The van der Waals surface area contributed by atoms with E-state index in [1.54, 1.807) is 6.20 Å². The summed E-state index contributed by atoms with van der Waals surface area (Å²) in [5.74, 6) is 0.859. The predicted octanol–water partition coefficient (Wildman–Crippen LogP) is 3.16. The molecule has 1 N–H and O–H groups in total. The van der Waals surface area contributed by atoms with Crippen molar-refractivity contribution in [2.45, 2.75) is 13.5 Å². The van der Waals surface area contributed by atoms with Gasteiger partial charge in [-0.2, -0.15) is 0 Å². The Bertz CT molecular complexity index is 485. The number of aryl methyl sites for hydroxylation is 1. The first-order chi connectivity index (χ1) is 7.75. The SMILES string of the molecule is Cc1ccncc1CNc1cccc(Br)n1. The van der Waals surface area contributed by atoms with Crippen molar-refractivity contribution in [1.29, 1.82) is 0 Å². The molecule has 0 aliphatic heterocycles. The molecular formula is C12H12BrN3. The molecule has 4 heteroatoms. The first-order valence-electron chi connectivity index (χ1n) is 5.01. The molecule has 0 radical (unpaired) electrons. The van der Waals surface area contributed by atoms with Crippen LogP contribution in [-0.2, 0) is 6.54 Å². The fourth-order valence-electron chi connectivity index (χ4n) is 1.37. The van der Waals surface area contributed by atoms with Crippen LogP contribution < -0.4 is 5.32 Å². The van der Waals surface area contributed by atoms with E-state index >= 15 is 0 Å². The van der Waals surface area contributed by atoms with Gasteiger partial charge in [-0.15, -0.1) is 0 Å². The summed E-state index contributed by atoms with van der Waals surface area (Å²) in [4.78, 5) is 8.41. The summed E-state index contributed by atoms with van der Waals surface area (Å²) in [6.07, 6.45) is 3.68. The van der Waals surface area contributed by atoms with Gasteiger partial charge in [0.05, 0.1) is 0 Å². The molecule has 0 amide bonds. The molecular weight excluding hydrogens is 266 g/mol. The molecule has 2 aromatic rings. The Morgan fingerprint density at radius 3 is 2.94 bits per heavy atom. The van der Waals surface area contributed by atoms with E-state index in [0.717, 1.165) is 17.0 Å². The van der Waals surface area contributed by atoms with Gasteiger partial charge in [-0.1, -0.05) is 6.07 Å². The van der Waals surface area contributed by atoms with Crippen molar-refractivity contribution >= 4 is 21.7 Å². The summed E-state index contributed by atoms with van der Waals surface area (Å²) in [7, 11) is 0. The summed E-state index contributed by atoms with van der Waals surface area (Å²) < 4.78 is 0.834. The van der Waals surface area contributed by atoms with Crippen molar-refractivity contribution in [3.05, 3.63) is 52.4 Å². The maximum Gasteiger partial charge on any atom is 0.127 e. The van der Waals surface area contributed by atoms with Crippen LogP contribution in [0.25, 0.3) is 0 Å². The highest BCUT2D eigenvalue weighted by molar-refractivity contribution is 9.10. The van der Waals surface area contributed by atoms with E-state index < -0.39 is 0 Å². The molecule has 0 saturated carbocycles. The lowest BCUT2D eigenvalue weighted by Crippen LogP contribution is -2.03. The third-order valence-electron chi connectivity index (χ3n) is 2.32. The van der Waals surface area contributed by atoms with Crippen molar-refractivity contribution in [2.75, 3.05) is 5.32 Å². The number of anilines is 1. The molecule has 0 atom stereocenters. The van der Waals surface area contributed by atoms with Gasteiger partial charge in [-0.25, -0.2) is 4.98 Å². The molecule has 0 aromatic carbocycles. The topological polar surface area (TPSA) is 37.8 Å². The van der Waals surface area contributed by atoms with Crippen LogP contribution in [0.5, 0.6) is 0 Å². The van der Waals surface area contributed by atoms with Gasteiger partial charge in [0.15, 0.2) is 0 Å². The highest BCUT2D eigenvalue weighted by Gasteiger charge is 1.98. The number of nitrogens with one attached hydrogen (secondary N) is 1. The average molecular weight is 278 g/mol. The second-order valence-electron chi connectivity index (χ2n) is 3.50. The van der Waals surface area contributed by atoms with E-state index in [9.17, 15) is 0 Å². The molecule has 16 heavy (non-hydrogen) atoms. The van der Waals surface area contributed by atoms with Crippen LogP contribution >= 0.6 is 15.9 Å². The normalized spacial score (nSPS) is 10.1. The summed E-state index contributed by atoms with van der Waals surface area (Å²) >= 11 is 3.34. The quantitative estimate of drug-likeness (QED) is 0.876. The van der Waals surface area contributed by atoms with Crippen LogP contribution in [0.4, 0.5) is 5.82 Å². The Morgan fingerprint density at radius 2 is 2.19 bits per heavy atom. The zero-order valence-corrected chi connectivity index (χ0v) is 10.5. The summed E-state index contributed by atoms with van der Waals surface area (Å²) in [5.41, 5.74) is 2.42. The van der Waals surface area contributed by atoms with Gasteiger partial charge in [0.2, 0.25) is 0 Å². The maximum atomic E-state index is 4.30. The Labute approximate surface area is 103 Å². The van der Waals surface area contributed by atoms with E-state index in [-0.39, 0.29) is 0 Å². The molecule has 82 valence electrons. The molecule has 2 heterocycles. The largest absolute Gasteiger partial charge is 0.366 e. The smallest absolute Gasteiger partial charge is 0.127 e. The number of hydrogen-bond donors (Lipinski definition) is 1. The van der Waals surface area contributed by atoms with E-state index in [1.807, 2.05) is 30.5 Å². The summed E-state index contributed by atoms with van der Waals surface area (Å²) in [6.45, 7) is 2.82. The molecule has 0 spiro atoms. The number of rotatable bonds is 3. The van der Waals surface area contributed by atoms with Gasteiger partial charge in [0.1, 0.15) is 10.4 Å². The van der Waals surface area contributed by atoms with E-state index in [4.69, 9.17) is 0 Å². The van der Waals surface area contributed by atoms with Gasteiger partial charge >= 0.3 is 0 Å². The van der Waals surface area contributed by atoms with Crippen molar-refractivity contribution in [3.8, 4) is 0 Å². The van der Waals surface area contributed by atoms with Crippen molar-refractivity contribution in [1.82, 2.24) is 9.97 Å². The molecule has 2 aromatic heterocycles. The Balaban J connectivity index is 2.05. The van der Waals surface area contributed by atoms with E-state index in [1.165, 1.54) is 11.1 Å². The molecule has 0 fully saturated rings. The Kier molecular flexibility index (Phi) is 3.51. The van der Waals surface area contributed by atoms with Crippen LogP contribution in [0, 0.1) is 6.92 Å². The third-order valence-corrected chi connectivity index (χ3v) is 2.76. The van der Waals surface area contributed by atoms with Crippen LogP contribution in [0.3, 0.4) is 0 Å². The number of pyridine rings is 2. The minimum absolute atomic E-state index is 0.739. The van der Waals surface area contributed by atoms with Crippen molar-refractivity contribution in [2.24, 2.45) is 0 Å². The zero-order valence-electron chi connectivity index (χ0n) is 8.94. The Hall–Kier alpha value is -1.42. The zero-order chi connectivity index (χ0) is 11.4. The van der Waals surface area contributed by atoms with E-state index in [2.05, 4.69) is 38.1 Å². The lowest BCUT2D eigenvalue weighted by molar-refractivity contribution is 1.06. The lowest BCUT2D eigenvalue weighted by Gasteiger charge is -2.07. The Morgan fingerprint density at radius 1 is 1.31 bits per heavy atom. The second kappa shape index (κ2) is 5.07. The number of nitrogens with zero attached hydrogens (tertiary/aromatic N) is 2. The minimum atomic E-state index is 0.739. The fourth-order valence-corrected chi connectivity index (χ4v) is 1.72. The second-order valence-corrected chi connectivity index (χ2v) is 4.31. The first kappa shape index (κ1) is 11.1. The van der Waals surface area contributed by atoms with Crippen LogP contribution in [0.15, 0.2) is 41.3 Å². The van der Waals surface area contributed by atoms with Crippen LogP contribution in [0.1, 0.15) is 11.1 Å². The molecule has 0 aliphatic rings. The molecule has 0 bridgehead atoms. The van der Waals surface area contributed by atoms with Gasteiger partial charge in [0.25, 0.3) is 0 Å². The average Bonchev–Trinajstić information content (AvgIpc) is 2.28. The first-order valence-corrected chi connectivity index (χ1v) is 5.81. The molecule has 0 aliphatic carbocycles. The van der Waals surface area contributed by atoms with Crippen LogP contribution in [0.2, 0.25) is 0 Å². The van der Waals surface area contributed by atoms with Gasteiger partial charge < -0.3 is 5.32 Å². The summed E-state index contributed by atoms with van der Waals surface area (Å²) in [6, 6.07) is 7.80. The monoisotopic (exact) mass is 277 g/mol. The van der Waals surface area contributed by atoms with Crippen molar-refractivity contribution in [3.63, 3.8) is 0 Å². The van der Waals surface area contributed by atoms with Crippen molar-refractivity contribution < 1.29 is 0 Å². The minimum Gasteiger partial charge on any atom is -0.366 e. The van der Waals surface area contributed by atoms with Gasteiger partial charge in [-0.3, -0.25) is 4.98 Å². The predicted molar refractivity (Wildman–Crippen MR) is 68.2 cm³/mol. The number of halogens is 1. The number of hydrogen-bond acceptors (Lipinski definition) is 3. The highest BCUT2D eigenvalue weighted by atomic mass is 79.9. The number of aromatic nitrogens is 2. The van der Waals surface area contributed by atoms with Gasteiger partial charge in [0, 0.05) is 18.9 Å². The molecule has 2 rings (SSSR count). The summed E-state index contributed by atoms with van der Waals surface area (Å²) in [5, 5.41) is 3.26. The molecule has 0 saturated heterocycles. The lowest BCUT2D eigenvalue weighted by atomic mass is 10.1. The molecule has 0 unspecified atom stereocenters. The third kappa shape index (κ3) is 2.79. The maximum absolute atomic E-state index is 4.30. The van der Waals surface area contributed by atoms with Crippen LogP contribution in [-0.4, -0.2) is 9.97 Å². The van der Waals surface area contributed by atoms with E-state index in [0.29, 0.717) is 0 Å². The fraction of sp³-hybridized carbons (Fsp3) is 0.167.